The van der Waals surface area contributed by atoms with Gasteiger partial charge in [0.05, 0.1) is 11.4 Å². The SMILES string of the molecule is CSc1ccc(-c2cc(C(C)C)n[nH]2)cc1. The smallest absolute Gasteiger partial charge is 0.0654 e. The zero-order chi connectivity index (χ0) is 11.5. The van der Waals surface area contributed by atoms with Crippen LogP contribution in [0.5, 0.6) is 0 Å². The third-order valence-electron chi connectivity index (χ3n) is 2.59. The van der Waals surface area contributed by atoms with Gasteiger partial charge in [-0.25, -0.2) is 0 Å². The molecule has 0 fully saturated rings. The Hall–Kier alpha value is -1.22. The molecule has 0 amide bonds. The van der Waals surface area contributed by atoms with Crippen molar-refractivity contribution in [1.82, 2.24) is 10.2 Å². The van der Waals surface area contributed by atoms with Crippen molar-refractivity contribution < 1.29 is 0 Å². The van der Waals surface area contributed by atoms with Gasteiger partial charge in [-0.1, -0.05) is 26.0 Å². The molecule has 0 spiro atoms. The van der Waals surface area contributed by atoms with Crippen LogP contribution in [0.1, 0.15) is 25.5 Å². The first-order valence-electron chi connectivity index (χ1n) is 5.40. The lowest BCUT2D eigenvalue weighted by Crippen LogP contribution is -1.85. The summed E-state index contributed by atoms with van der Waals surface area (Å²) in [6, 6.07) is 10.7. The molecule has 0 atom stereocenters. The largest absolute Gasteiger partial charge is 0.278 e. The molecule has 0 aliphatic carbocycles. The van der Waals surface area contributed by atoms with Gasteiger partial charge in [0.1, 0.15) is 0 Å². The second-order valence-electron chi connectivity index (χ2n) is 4.09. The van der Waals surface area contributed by atoms with Crippen LogP contribution in [-0.2, 0) is 0 Å². The van der Waals surface area contributed by atoms with Gasteiger partial charge < -0.3 is 0 Å². The first-order chi connectivity index (χ1) is 7.70. The van der Waals surface area contributed by atoms with E-state index in [1.54, 1.807) is 11.8 Å². The average Bonchev–Trinajstić information content (AvgIpc) is 2.78. The zero-order valence-corrected chi connectivity index (χ0v) is 10.6. The second kappa shape index (κ2) is 4.74. The Kier molecular flexibility index (Phi) is 3.34. The van der Waals surface area contributed by atoms with Gasteiger partial charge in [-0.05, 0) is 35.9 Å². The van der Waals surface area contributed by atoms with Crippen LogP contribution in [0.3, 0.4) is 0 Å². The third-order valence-corrected chi connectivity index (χ3v) is 3.33. The quantitative estimate of drug-likeness (QED) is 0.812. The lowest BCUT2D eigenvalue weighted by Gasteiger charge is -1.99. The molecular weight excluding hydrogens is 216 g/mol. The first kappa shape index (κ1) is 11.3. The minimum atomic E-state index is 0.468. The van der Waals surface area contributed by atoms with E-state index in [2.05, 4.69) is 60.6 Å². The van der Waals surface area contributed by atoms with Crippen LogP contribution in [0.15, 0.2) is 35.2 Å². The Morgan fingerprint density at radius 2 is 1.88 bits per heavy atom. The van der Waals surface area contributed by atoms with Crippen LogP contribution in [0.4, 0.5) is 0 Å². The van der Waals surface area contributed by atoms with Gasteiger partial charge in [0.25, 0.3) is 0 Å². The number of H-pyrrole nitrogens is 1. The van der Waals surface area contributed by atoms with Crippen LogP contribution in [0.2, 0.25) is 0 Å². The summed E-state index contributed by atoms with van der Waals surface area (Å²) in [5.74, 6) is 0.468. The highest BCUT2D eigenvalue weighted by molar-refractivity contribution is 7.98. The van der Waals surface area contributed by atoms with E-state index >= 15 is 0 Å². The summed E-state index contributed by atoms with van der Waals surface area (Å²) in [7, 11) is 0. The minimum Gasteiger partial charge on any atom is -0.278 e. The maximum Gasteiger partial charge on any atom is 0.0654 e. The molecule has 1 aromatic carbocycles. The number of nitrogens with one attached hydrogen (secondary N) is 1. The molecule has 3 heteroatoms. The highest BCUT2D eigenvalue weighted by atomic mass is 32.2. The molecule has 2 rings (SSSR count). The number of hydrogen-bond donors (Lipinski definition) is 1. The van der Waals surface area contributed by atoms with Crippen LogP contribution in [-0.4, -0.2) is 16.5 Å². The summed E-state index contributed by atoms with van der Waals surface area (Å²) in [4.78, 5) is 1.28. The summed E-state index contributed by atoms with van der Waals surface area (Å²) in [6.07, 6.45) is 2.09. The van der Waals surface area contributed by atoms with Crippen molar-refractivity contribution in [2.24, 2.45) is 0 Å². The predicted octanol–water partition coefficient (Wildman–Crippen LogP) is 3.92. The molecule has 0 saturated carbocycles. The van der Waals surface area contributed by atoms with E-state index in [4.69, 9.17) is 0 Å². The second-order valence-corrected chi connectivity index (χ2v) is 4.97. The number of rotatable bonds is 3. The number of aromatic amines is 1. The minimum absolute atomic E-state index is 0.468. The molecule has 2 nitrogen and oxygen atoms in total. The van der Waals surface area contributed by atoms with E-state index < -0.39 is 0 Å². The van der Waals surface area contributed by atoms with E-state index in [1.807, 2.05) is 0 Å². The molecule has 16 heavy (non-hydrogen) atoms. The Morgan fingerprint density at radius 3 is 2.38 bits per heavy atom. The fourth-order valence-corrected chi connectivity index (χ4v) is 1.96. The molecule has 0 aliphatic rings. The fraction of sp³-hybridized carbons (Fsp3) is 0.308. The van der Waals surface area contributed by atoms with Crippen LogP contribution in [0, 0.1) is 0 Å². The Labute approximate surface area is 100 Å². The fourth-order valence-electron chi connectivity index (χ4n) is 1.55. The molecule has 1 aromatic heterocycles. The molecule has 0 saturated heterocycles. The lowest BCUT2D eigenvalue weighted by atomic mass is 10.1. The van der Waals surface area contributed by atoms with E-state index in [1.165, 1.54) is 10.5 Å². The van der Waals surface area contributed by atoms with Crippen molar-refractivity contribution in [1.29, 1.82) is 0 Å². The first-order valence-corrected chi connectivity index (χ1v) is 6.63. The topological polar surface area (TPSA) is 28.7 Å². The van der Waals surface area contributed by atoms with Gasteiger partial charge in [0.15, 0.2) is 0 Å². The number of nitrogens with zero attached hydrogens (tertiary/aromatic N) is 1. The maximum absolute atomic E-state index is 4.30. The Morgan fingerprint density at radius 1 is 1.19 bits per heavy atom. The van der Waals surface area contributed by atoms with Crippen molar-refractivity contribution in [2.75, 3.05) is 6.26 Å². The third kappa shape index (κ3) is 2.30. The van der Waals surface area contributed by atoms with Crippen molar-refractivity contribution in [3.63, 3.8) is 0 Å². The van der Waals surface area contributed by atoms with Crippen LogP contribution < -0.4 is 0 Å². The summed E-state index contributed by atoms with van der Waals surface area (Å²) in [5, 5.41) is 7.39. The highest BCUT2D eigenvalue weighted by Gasteiger charge is 2.06. The Bertz CT molecular complexity index is 457. The molecule has 84 valence electrons. The molecule has 0 radical (unpaired) electrons. The van der Waals surface area contributed by atoms with Crippen LogP contribution in [0.25, 0.3) is 11.3 Å². The van der Waals surface area contributed by atoms with E-state index in [-0.39, 0.29) is 0 Å². The van der Waals surface area contributed by atoms with Crippen molar-refractivity contribution in [3.05, 3.63) is 36.0 Å². The van der Waals surface area contributed by atoms with Crippen molar-refractivity contribution in [3.8, 4) is 11.3 Å². The molecule has 2 aromatic rings. The molecule has 0 bridgehead atoms. The number of aromatic nitrogens is 2. The lowest BCUT2D eigenvalue weighted by molar-refractivity contribution is 0.811. The summed E-state index contributed by atoms with van der Waals surface area (Å²) < 4.78 is 0. The van der Waals surface area contributed by atoms with Gasteiger partial charge in [0, 0.05) is 4.90 Å². The standard InChI is InChI=1S/C13H16N2S/c1-9(2)12-8-13(15-14-12)10-4-6-11(16-3)7-5-10/h4-9H,1-3H3,(H,14,15). The van der Waals surface area contributed by atoms with Gasteiger partial charge in [-0.3, -0.25) is 5.10 Å². The highest BCUT2D eigenvalue weighted by Crippen LogP contribution is 2.23. The zero-order valence-electron chi connectivity index (χ0n) is 9.82. The monoisotopic (exact) mass is 232 g/mol. The Balaban J connectivity index is 2.28. The molecule has 0 aliphatic heterocycles. The summed E-state index contributed by atoms with van der Waals surface area (Å²) in [6.45, 7) is 4.30. The van der Waals surface area contributed by atoms with E-state index in [0.717, 1.165) is 11.4 Å². The maximum atomic E-state index is 4.30. The van der Waals surface area contributed by atoms with Gasteiger partial charge in [0.2, 0.25) is 0 Å². The summed E-state index contributed by atoms with van der Waals surface area (Å²) in [5.41, 5.74) is 3.40. The van der Waals surface area contributed by atoms with E-state index in [0.29, 0.717) is 5.92 Å². The average molecular weight is 232 g/mol. The van der Waals surface area contributed by atoms with Crippen molar-refractivity contribution >= 4 is 11.8 Å². The molecule has 0 unspecified atom stereocenters. The number of hydrogen-bond acceptors (Lipinski definition) is 2. The molecule has 1 heterocycles. The molecule has 1 N–H and O–H groups in total. The number of benzene rings is 1. The number of thioether (sulfide) groups is 1. The van der Waals surface area contributed by atoms with Gasteiger partial charge >= 0.3 is 0 Å². The van der Waals surface area contributed by atoms with E-state index in [9.17, 15) is 0 Å². The van der Waals surface area contributed by atoms with Gasteiger partial charge in [-0.15, -0.1) is 11.8 Å². The van der Waals surface area contributed by atoms with Crippen LogP contribution >= 0.6 is 11.8 Å². The van der Waals surface area contributed by atoms with Gasteiger partial charge in [-0.2, -0.15) is 5.10 Å². The molecular formula is C13H16N2S. The summed E-state index contributed by atoms with van der Waals surface area (Å²) >= 11 is 1.76. The predicted molar refractivity (Wildman–Crippen MR) is 69.9 cm³/mol. The normalized spacial score (nSPS) is 11.0. The van der Waals surface area contributed by atoms with Crippen molar-refractivity contribution in [2.45, 2.75) is 24.7 Å².